The second kappa shape index (κ2) is 4.14. The average molecular weight is 374 g/mol. The van der Waals surface area contributed by atoms with Crippen molar-refractivity contribution in [3.8, 4) is 0 Å². The molecule has 0 amide bonds. The summed E-state index contributed by atoms with van der Waals surface area (Å²) in [5, 5.41) is 0. The maximum Gasteiger partial charge on any atom is 0.132 e. The van der Waals surface area contributed by atoms with Crippen LogP contribution in [0.3, 0.4) is 0 Å². The molecule has 0 bridgehead atoms. The monoisotopic (exact) mass is 370 g/mol. The van der Waals surface area contributed by atoms with Crippen molar-refractivity contribution in [3.63, 3.8) is 0 Å². The molecule has 6 heteroatoms. The van der Waals surface area contributed by atoms with Crippen molar-refractivity contribution >= 4 is 64.2 Å². The van der Waals surface area contributed by atoms with E-state index in [2.05, 4.69) is 64.2 Å². The summed E-state index contributed by atoms with van der Waals surface area (Å²) >= 11 is 12.3. The van der Waals surface area contributed by atoms with Crippen molar-refractivity contribution in [2.45, 2.75) is 0 Å². The van der Waals surface area contributed by atoms with Crippen LogP contribution in [0.2, 0.25) is 0 Å². The van der Waals surface area contributed by atoms with Crippen LogP contribution in [0.15, 0.2) is 9.21 Å². The Kier molecular flexibility index (Phi) is 4.79. The van der Waals surface area contributed by atoms with Crippen molar-refractivity contribution in [2.75, 3.05) is 0 Å². The van der Waals surface area contributed by atoms with Gasteiger partial charge in [-0.05, 0) is 31.9 Å². The Balaban J connectivity index is 4.00. The molecule has 0 aromatic carbocycles. The van der Waals surface area contributed by atoms with Crippen LogP contribution in [-0.4, -0.2) is 2.95 Å². The lowest BCUT2D eigenvalue weighted by atomic mass is 11.0. The Labute approximate surface area is 81.4 Å². The van der Waals surface area contributed by atoms with Crippen LogP contribution in [0, 0.1) is 0 Å². The van der Waals surface area contributed by atoms with Gasteiger partial charge in [-0.25, -0.2) is 2.95 Å². The molecule has 8 heavy (non-hydrogen) atoms. The van der Waals surface area contributed by atoms with Crippen molar-refractivity contribution < 1.29 is 0 Å². The molecule has 0 spiro atoms. The summed E-state index contributed by atoms with van der Waals surface area (Å²) < 4.78 is 2.70. The molecule has 0 saturated carbocycles. The van der Waals surface area contributed by atoms with Crippen LogP contribution in [0.5, 0.6) is 0 Å². The van der Waals surface area contributed by atoms with Crippen LogP contribution in [0.4, 0.5) is 0 Å². The van der Waals surface area contributed by atoms with E-state index in [1.165, 1.54) is 2.95 Å². The van der Waals surface area contributed by atoms with Gasteiger partial charge in [0.15, 0.2) is 0 Å². The normalized spacial score (nSPS) is 13.0. The summed E-state index contributed by atoms with van der Waals surface area (Å²) in [4.78, 5) is 0. The highest BCUT2D eigenvalue weighted by Crippen LogP contribution is 2.24. The first-order valence-corrected chi connectivity index (χ1v) is 4.48. The van der Waals surface area contributed by atoms with Gasteiger partial charge in [0.1, 0.15) is 9.21 Å². The van der Waals surface area contributed by atoms with Crippen LogP contribution in [0.25, 0.3) is 0 Å². The van der Waals surface area contributed by atoms with E-state index in [0.29, 0.717) is 9.21 Å². The summed E-state index contributed by atoms with van der Waals surface area (Å²) in [6.45, 7) is 0. The maximum absolute atomic E-state index is 5.28. The number of hydrogen-bond acceptors (Lipinski definition) is 2. The van der Waals surface area contributed by atoms with Gasteiger partial charge in [-0.3, -0.25) is 0 Å². The van der Waals surface area contributed by atoms with Crippen LogP contribution >= 0.6 is 64.2 Å². The first-order chi connectivity index (χ1) is 3.55. The summed E-state index contributed by atoms with van der Waals surface area (Å²) in [7, 11) is 0. The summed E-state index contributed by atoms with van der Waals surface area (Å²) in [6.07, 6.45) is 0. The number of hydrogen-bond donors (Lipinski definition) is 1. The highest BCUT2D eigenvalue weighted by Gasteiger charge is 1.99. The van der Waals surface area contributed by atoms with Gasteiger partial charge in [0.05, 0.1) is 32.3 Å². The molecule has 0 heterocycles. The summed E-state index contributed by atoms with van der Waals surface area (Å²) in [5.41, 5.74) is 5.28. The number of halogens is 4. The Morgan fingerprint density at radius 1 is 1.25 bits per heavy atom. The largest absolute Gasteiger partial charge is 0.391 e. The zero-order chi connectivity index (χ0) is 6.73. The van der Waals surface area contributed by atoms with Crippen molar-refractivity contribution in [1.82, 2.24) is 2.95 Å². The van der Waals surface area contributed by atoms with E-state index in [1.54, 1.807) is 0 Å². The minimum absolute atomic E-state index is 0.520. The first kappa shape index (κ1) is 9.26. The van der Waals surface area contributed by atoms with Gasteiger partial charge in [0, 0.05) is 0 Å². The highest BCUT2D eigenvalue weighted by atomic mass is 79.9. The molecule has 2 N–H and O–H groups in total. The molecule has 2 nitrogen and oxygen atoms in total. The maximum atomic E-state index is 5.28. The smallest absolute Gasteiger partial charge is 0.132 e. The van der Waals surface area contributed by atoms with Crippen molar-refractivity contribution in [2.24, 2.45) is 5.73 Å². The second-order valence-corrected chi connectivity index (χ2v) is 4.85. The lowest BCUT2D eigenvalue weighted by molar-refractivity contribution is 1.08. The number of nitrogens with two attached hydrogens (primary N) is 1. The van der Waals surface area contributed by atoms with Gasteiger partial charge in [0.25, 0.3) is 0 Å². The minimum Gasteiger partial charge on any atom is -0.391 e. The molecular formula is C2H2Br4N2. The average Bonchev–Trinajstić information content (AvgIpc) is 1.64. The topological polar surface area (TPSA) is 29.3 Å². The van der Waals surface area contributed by atoms with Crippen LogP contribution in [-0.2, 0) is 0 Å². The first-order valence-electron chi connectivity index (χ1n) is 1.48. The molecule has 0 aromatic rings. The third-order valence-corrected chi connectivity index (χ3v) is 3.70. The van der Waals surface area contributed by atoms with Gasteiger partial charge in [-0.1, -0.05) is 0 Å². The van der Waals surface area contributed by atoms with E-state index in [9.17, 15) is 0 Å². The van der Waals surface area contributed by atoms with E-state index in [1.807, 2.05) is 0 Å². The minimum atomic E-state index is 0.520. The Morgan fingerprint density at radius 3 is 1.62 bits per heavy atom. The Morgan fingerprint density at radius 2 is 1.62 bits per heavy atom. The molecule has 0 aromatic heterocycles. The molecular weight excluding hydrogens is 372 g/mol. The molecule has 0 aliphatic heterocycles. The van der Waals surface area contributed by atoms with Gasteiger partial charge < -0.3 is 5.73 Å². The van der Waals surface area contributed by atoms with E-state index in [4.69, 9.17) is 5.73 Å². The van der Waals surface area contributed by atoms with Gasteiger partial charge in [-0.2, -0.15) is 0 Å². The lowest BCUT2D eigenvalue weighted by Gasteiger charge is -2.03. The zero-order valence-corrected chi connectivity index (χ0v) is 9.88. The van der Waals surface area contributed by atoms with Gasteiger partial charge in [-0.15, -0.1) is 0 Å². The highest BCUT2D eigenvalue weighted by molar-refractivity contribution is 9.22. The summed E-state index contributed by atoms with van der Waals surface area (Å²) in [6, 6.07) is 0. The molecule has 0 unspecified atom stereocenters. The molecule has 0 atom stereocenters. The number of rotatable bonds is 1. The van der Waals surface area contributed by atoms with Crippen molar-refractivity contribution in [3.05, 3.63) is 9.21 Å². The number of nitrogens with zero attached hydrogens (tertiary/aromatic N) is 1. The fourth-order valence-corrected chi connectivity index (χ4v) is 1.12. The molecule has 0 aliphatic rings. The summed E-state index contributed by atoms with van der Waals surface area (Å²) in [5.74, 6) is 0. The van der Waals surface area contributed by atoms with Crippen LogP contribution in [0.1, 0.15) is 0 Å². The predicted molar refractivity (Wildman–Crippen MR) is 48.8 cm³/mol. The molecule has 0 fully saturated rings. The second-order valence-electron chi connectivity index (χ2n) is 0.872. The van der Waals surface area contributed by atoms with Crippen molar-refractivity contribution in [1.29, 1.82) is 0 Å². The van der Waals surface area contributed by atoms with Crippen LogP contribution < -0.4 is 5.73 Å². The van der Waals surface area contributed by atoms with Gasteiger partial charge in [0.2, 0.25) is 0 Å². The fraction of sp³-hybridized carbons (Fsp3) is 0. The molecule has 0 radical (unpaired) electrons. The predicted octanol–water partition coefficient (Wildman–Crippen LogP) is 2.78. The van der Waals surface area contributed by atoms with E-state index in [-0.39, 0.29) is 0 Å². The van der Waals surface area contributed by atoms with E-state index >= 15 is 0 Å². The molecule has 0 rings (SSSR count). The zero-order valence-electron chi connectivity index (χ0n) is 3.54. The Hall–Kier alpha value is 1.26. The molecule has 48 valence electrons. The standard InChI is InChI=1S/C2H2Br4N2/c3-1(7)2(4)8(5)6/h7H2/b2-1+. The van der Waals surface area contributed by atoms with E-state index < -0.39 is 0 Å². The quantitative estimate of drug-likeness (QED) is 0.566. The van der Waals surface area contributed by atoms with E-state index in [0.717, 1.165) is 0 Å². The fourth-order valence-electron chi connectivity index (χ4n) is 0.0807. The van der Waals surface area contributed by atoms with Gasteiger partial charge >= 0.3 is 0 Å². The Bertz CT molecular complexity index is 105. The molecule has 0 aliphatic carbocycles. The SMILES string of the molecule is N/C(Br)=C(\Br)N(Br)Br. The molecule has 0 saturated heterocycles. The third kappa shape index (κ3) is 3.32. The lowest BCUT2D eigenvalue weighted by Crippen LogP contribution is -1.97. The third-order valence-electron chi connectivity index (χ3n) is 0.345.